The van der Waals surface area contributed by atoms with Crippen molar-refractivity contribution in [1.82, 2.24) is 20.1 Å². The molecule has 6 heteroatoms. The number of nitrogens with zero attached hydrogens (tertiary/aromatic N) is 3. The van der Waals surface area contributed by atoms with Crippen LogP contribution in [0.5, 0.6) is 0 Å². The fraction of sp³-hybridized carbons (Fsp3) is 0.308. The highest BCUT2D eigenvalue weighted by atomic mass is 16.1. The Balaban J connectivity index is 1.90. The van der Waals surface area contributed by atoms with Crippen LogP contribution in [-0.2, 0) is 13.5 Å². The second kappa shape index (κ2) is 5.51. The predicted octanol–water partition coefficient (Wildman–Crippen LogP) is 0.678. The number of aromatic nitrogens is 3. The third-order valence-electron chi connectivity index (χ3n) is 2.77. The molecule has 2 aromatic heterocycles. The number of anilines is 1. The molecule has 6 nitrogen and oxygen atoms in total. The monoisotopic (exact) mass is 259 g/mol. The van der Waals surface area contributed by atoms with Crippen LogP contribution in [0.2, 0.25) is 0 Å². The number of pyridine rings is 1. The molecule has 19 heavy (non-hydrogen) atoms. The first-order valence-electron chi connectivity index (χ1n) is 6.04. The first kappa shape index (κ1) is 13.1. The fourth-order valence-electron chi connectivity index (χ4n) is 1.79. The van der Waals surface area contributed by atoms with Gasteiger partial charge in [-0.2, -0.15) is 5.10 Å². The molecule has 0 radical (unpaired) electrons. The largest absolute Gasteiger partial charge is 0.398 e. The first-order valence-corrected chi connectivity index (χ1v) is 6.04. The van der Waals surface area contributed by atoms with E-state index in [1.165, 1.54) is 6.20 Å². The summed E-state index contributed by atoms with van der Waals surface area (Å²) >= 11 is 0. The zero-order chi connectivity index (χ0) is 13.8. The molecule has 0 spiro atoms. The molecule has 0 bridgehead atoms. The molecular formula is C13H17N5O. The summed E-state index contributed by atoms with van der Waals surface area (Å²) in [6, 6.07) is 1.69. The van der Waals surface area contributed by atoms with Gasteiger partial charge in [0.05, 0.1) is 11.8 Å². The number of nitrogens with one attached hydrogen (secondary N) is 1. The van der Waals surface area contributed by atoms with Crippen LogP contribution in [0.3, 0.4) is 0 Å². The Bertz CT molecular complexity index is 590. The Kier molecular flexibility index (Phi) is 3.79. The SMILES string of the molecule is Cc1cc(N)c(C(=O)NCCc2cnn(C)c2)cn1. The van der Waals surface area contributed by atoms with Crippen LogP contribution >= 0.6 is 0 Å². The second-order valence-corrected chi connectivity index (χ2v) is 4.44. The topological polar surface area (TPSA) is 85.8 Å². The smallest absolute Gasteiger partial charge is 0.254 e. The minimum absolute atomic E-state index is 0.200. The molecule has 2 heterocycles. The predicted molar refractivity (Wildman–Crippen MR) is 72.6 cm³/mol. The number of nitrogens with two attached hydrogens (primary N) is 1. The minimum atomic E-state index is -0.200. The van der Waals surface area contributed by atoms with Gasteiger partial charge in [-0.25, -0.2) is 0 Å². The Hall–Kier alpha value is -2.37. The first-order chi connectivity index (χ1) is 9.06. The zero-order valence-electron chi connectivity index (χ0n) is 11.1. The van der Waals surface area contributed by atoms with Gasteiger partial charge >= 0.3 is 0 Å². The van der Waals surface area contributed by atoms with Crippen LogP contribution in [0.15, 0.2) is 24.7 Å². The number of carbonyl (C=O) groups excluding carboxylic acids is 1. The molecule has 2 aromatic rings. The lowest BCUT2D eigenvalue weighted by molar-refractivity contribution is 0.0954. The Morgan fingerprint density at radius 1 is 1.47 bits per heavy atom. The summed E-state index contributed by atoms with van der Waals surface area (Å²) in [5, 5.41) is 6.89. The quantitative estimate of drug-likeness (QED) is 0.845. The van der Waals surface area contributed by atoms with Gasteiger partial charge in [0.15, 0.2) is 0 Å². The average Bonchev–Trinajstić information content (AvgIpc) is 2.75. The maximum absolute atomic E-state index is 11.9. The standard InChI is InChI=1S/C13H17N5O/c1-9-5-12(14)11(7-16-9)13(19)15-4-3-10-6-17-18(2)8-10/h5-8H,3-4H2,1-2H3,(H2,14,16)(H,15,19). The van der Waals surface area contributed by atoms with E-state index in [-0.39, 0.29) is 5.91 Å². The van der Waals surface area contributed by atoms with Gasteiger partial charge in [-0.15, -0.1) is 0 Å². The van der Waals surface area contributed by atoms with Crippen molar-refractivity contribution in [3.63, 3.8) is 0 Å². The number of amides is 1. The molecule has 0 aliphatic carbocycles. The Morgan fingerprint density at radius 2 is 2.26 bits per heavy atom. The molecule has 0 unspecified atom stereocenters. The molecule has 2 rings (SSSR count). The molecule has 0 fully saturated rings. The van der Waals surface area contributed by atoms with E-state index in [0.717, 1.165) is 17.7 Å². The number of carbonyl (C=O) groups is 1. The van der Waals surface area contributed by atoms with E-state index in [2.05, 4.69) is 15.4 Å². The molecule has 0 saturated heterocycles. The van der Waals surface area contributed by atoms with Gasteiger partial charge in [0.1, 0.15) is 0 Å². The highest BCUT2D eigenvalue weighted by Gasteiger charge is 2.09. The van der Waals surface area contributed by atoms with Gasteiger partial charge in [0.2, 0.25) is 0 Å². The van der Waals surface area contributed by atoms with E-state index >= 15 is 0 Å². The summed E-state index contributed by atoms with van der Waals surface area (Å²) in [5.74, 6) is -0.200. The lowest BCUT2D eigenvalue weighted by Crippen LogP contribution is -2.26. The van der Waals surface area contributed by atoms with Crippen molar-refractivity contribution in [2.24, 2.45) is 7.05 Å². The maximum atomic E-state index is 11.9. The van der Waals surface area contributed by atoms with Crippen molar-refractivity contribution in [2.75, 3.05) is 12.3 Å². The minimum Gasteiger partial charge on any atom is -0.398 e. The van der Waals surface area contributed by atoms with Gasteiger partial charge < -0.3 is 11.1 Å². The van der Waals surface area contributed by atoms with E-state index in [0.29, 0.717) is 17.8 Å². The third kappa shape index (κ3) is 3.31. The lowest BCUT2D eigenvalue weighted by Gasteiger charge is -2.07. The second-order valence-electron chi connectivity index (χ2n) is 4.44. The van der Waals surface area contributed by atoms with Crippen molar-refractivity contribution in [2.45, 2.75) is 13.3 Å². The molecular weight excluding hydrogens is 242 g/mol. The fourth-order valence-corrected chi connectivity index (χ4v) is 1.79. The molecule has 0 aromatic carbocycles. The summed E-state index contributed by atoms with van der Waals surface area (Å²) in [6.45, 7) is 2.37. The Morgan fingerprint density at radius 3 is 2.89 bits per heavy atom. The zero-order valence-corrected chi connectivity index (χ0v) is 11.1. The van der Waals surface area contributed by atoms with Crippen LogP contribution in [0.25, 0.3) is 0 Å². The van der Waals surface area contributed by atoms with Gasteiger partial charge in [0.25, 0.3) is 5.91 Å². The van der Waals surface area contributed by atoms with Crippen LogP contribution in [0, 0.1) is 6.92 Å². The number of rotatable bonds is 4. The highest BCUT2D eigenvalue weighted by molar-refractivity contribution is 5.98. The van der Waals surface area contributed by atoms with E-state index in [4.69, 9.17) is 5.73 Å². The number of hydrogen-bond acceptors (Lipinski definition) is 4. The van der Waals surface area contributed by atoms with Crippen molar-refractivity contribution in [3.8, 4) is 0 Å². The number of hydrogen-bond donors (Lipinski definition) is 2. The summed E-state index contributed by atoms with van der Waals surface area (Å²) in [5.41, 5.74) is 8.54. The maximum Gasteiger partial charge on any atom is 0.254 e. The van der Waals surface area contributed by atoms with E-state index in [1.54, 1.807) is 16.9 Å². The summed E-state index contributed by atoms with van der Waals surface area (Å²) < 4.78 is 1.74. The molecule has 0 aliphatic heterocycles. The van der Waals surface area contributed by atoms with Crippen LogP contribution in [-0.4, -0.2) is 27.2 Å². The van der Waals surface area contributed by atoms with Crippen molar-refractivity contribution in [1.29, 1.82) is 0 Å². The third-order valence-corrected chi connectivity index (χ3v) is 2.77. The molecule has 1 amide bonds. The van der Waals surface area contributed by atoms with Gasteiger partial charge in [-0.05, 0) is 25.0 Å². The van der Waals surface area contributed by atoms with E-state index in [1.807, 2.05) is 20.2 Å². The normalized spacial score (nSPS) is 10.4. The molecule has 0 saturated carbocycles. The molecule has 0 aliphatic rings. The van der Waals surface area contributed by atoms with Crippen LogP contribution in [0.4, 0.5) is 5.69 Å². The number of aryl methyl sites for hydroxylation is 2. The van der Waals surface area contributed by atoms with Crippen molar-refractivity contribution in [3.05, 3.63) is 41.5 Å². The molecule has 100 valence electrons. The van der Waals surface area contributed by atoms with Crippen molar-refractivity contribution < 1.29 is 4.79 Å². The number of nitrogen functional groups attached to an aromatic ring is 1. The molecule has 3 N–H and O–H groups in total. The van der Waals surface area contributed by atoms with E-state index < -0.39 is 0 Å². The highest BCUT2D eigenvalue weighted by Crippen LogP contribution is 2.10. The summed E-state index contributed by atoms with van der Waals surface area (Å²) in [7, 11) is 1.86. The van der Waals surface area contributed by atoms with E-state index in [9.17, 15) is 4.79 Å². The van der Waals surface area contributed by atoms with Gasteiger partial charge in [-0.3, -0.25) is 14.5 Å². The molecule has 0 atom stereocenters. The van der Waals surface area contributed by atoms with Gasteiger partial charge in [-0.1, -0.05) is 0 Å². The average molecular weight is 259 g/mol. The van der Waals surface area contributed by atoms with Crippen LogP contribution in [0.1, 0.15) is 21.6 Å². The summed E-state index contributed by atoms with van der Waals surface area (Å²) in [6.07, 6.45) is 5.95. The van der Waals surface area contributed by atoms with Crippen LogP contribution < -0.4 is 11.1 Å². The van der Waals surface area contributed by atoms with Crippen molar-refractivity contribution >= 4 is 11.6 Å². The Labute approximate surface area is 111 Å². The lowest BCUT2D eigenvalue weighted by atomic mass is 10.2. The summed E-state index contributed by atoms with van der Waals surface area (Å²) in [4.78, 5) is 16.0. The van der Waals surface area contributed by atoms with Gasteiger partial charge in [0, 0.05) is 37.4 Å².